The summed E-state index contributed by atoms with van der Waals surface area (Å²) in [4.78, 5) is 4.43. The quantitative estimate of drug-likeness (QED) is 0.840. The van der Waals surface area contributed by atoms with Crippen molar-refractivity contribution in [1.82, 2.24) is 15.0 Å². The van der Waals surface area contributed by atoms with Gasteiger partial charge < -0.3 is 5.32 Å². The zero-order valence-electron chi connectivity index (χ0n) is 12.9. The second kappa shape index (κ2) is 6.83. The molecule has 1 fully saturated rings. The highest BCUT2D eigenvalue weighted by atomic mass is 32.2. The Kier molecular flexibility index (Phi) is 4.95. The van der Waals surface area contributed by atoms with Gasteiger partial charge in [-0.3, -0.25) is 0 Å². The largest absolute Gasteiger partial charge is 0.312 e. The Morgan fingerprint density at radius 2 is 2.04 bits per heavy atom. The van der Waals surface area contributed by atoms with Gasteiger partial charge in [0.25, 0.3) is 0 Å². The lowest BCUT2D eigenvalue weighted by molar-refractivity contribution is 0.491. The molecular weight excluding hydrogens is 356 g/mol. The van der Waals surface area contributed by atoms with Crippen LogP contribution in [-0.2, 0) is 16.4 Å². The Morgan fingerprint density at radius 1 is 1.33 bits per heavy atom. The Bertz CT molecular complexity index is 819. The molecule has 0 unspecified atom stereocenters. The summed E-state index contributed by atoms with van der Waals surface area (Å²) in [6.45, 7) is 0.726. The number of halogens is 2. The predicted molar refractivity (Wildman–Crippen MR) is 89.3 cm³/mol. The summed E-state index contributed by atoms with van der Waals surface area (Å²) < 4.78 is 52.1. The average molecular weight is 373 g/mol. The zero-order chi connectivity index (χ0) is 17.3. The maximum Gasteiger partial charge on any atom is 0.209 e. The van der Waals surface area contributed by atoms with Crippen molar-refractivity contribution in [2.45, 2.75) is 24.9 Å². The van der Waals surface area contributed by atoms with Crippen molar-refractivity contribution < 1.29 is 17.2 Å². The van der Waals surface area contributed by atoms with E-state index in [1.807, 2.05) is 5.38 Å². The summed E-state index contributed by atoms with van der Waals surface area (Å²) in [5.74, 6) is -1.28. The van der Waals surface area contributed by atoms with Crippen LogP contribution in [0.2, 0.25) is 0 Å². The molecule has 0 bridgehead atoms. The third-order valence-electron chi connectivity index (χ3n) is 3.80. The van der Waals surface area contributed by atoms with Crippen molar-refractivity contribution in [3.05, 3.63) is 40.9 Å². The molecule has 1 saturated heterocycles. The average Bonchev–Trinajstić information content (AvgIpc) is 3.07. The van der Waals surface area contributed by atoms with Crippen LogP contribution in [0.1, 0.15) is 12.1 Å². The second-order valence-electron chi connectivity index (χ2n) is 5.85. The van der Waals surface area contributed by atoms with E-state index in [1.165, 1.54) is 23.5 Å². The van der Waals surface area contributed by atoms with Gasteiger partial charge in [-0.15, -0.1) is 11.3 Å². The summed E-state index contributed by atoms with van der Waals surface area (Å²) in [6, 6.07) is 3.07. The van der Waals surface area contributed by atoms with E-state index in [2.05, 4.69) is 15.0 Å². The van der Waals surface area contributed by atoms with E-state index in [0.29, 0.717) is 23.4 Å². The van der Waals surface area contributed by atoms with E-state index < -0.39 is 21.7 Å². The van der Waals surface area contributed by atoms with E-state index in [-0.39, 0.29) is 12.1 Å². The van der Waals surface area contributed by atoms with E-state index in [0.717, 1.165) is 24.6 Å². The second-order valence-corrected chi connectivity index (χ2v) is 8.49. The molecule has 130 valence electrons. The number of rotatable bonds is 5. The third-order valence-corrected chi connectivity index (χ3v) is 5.47. The van der Waals surface area contributed by atoms with Crippen molar-refractivity contribution in [1.29, 1.82) is 0 Å². The van der Waals surface area contributed by atoms with Crippen LogP contribution in [0.25, 0.3) is 10.6 Å². The maximum atomic E-state index is 13.3. The lowest BCUT2D eigenvalue weighted by Gasteiger charge is -2.18. The third kappa shape index (κ3) is 4.35. The lowest BCUT2D eigenvalue weighted by atomic mass is 10.1. The summed E-state index contributed by atoms with van der Waals surface area (Å²) in [5.41, 5.74) is 1.16. The molecule has 9 heteroatoms. The van der Waals surface area contributed by atoms with E-state index in [1.54, 1.807) is 0 Å². The number of hydrogen-bond donors (Lipinski definition) is 2. The molecule has 2 aromatic rings. The number of sulfonamides is 1. The molecule has 0 spiro atoms. The molecule has 3 rings (SSSR count). The fourth-order valence-corrected chi connectivity index (χ4v) is 4.49. The van der Waals surface area contributed by atoms with Crippen LogP contribution in [0.3, 0.4) is 0 Å². The molecule has 24 heavy (non-hydrogen) atoms. The first-order chi connectivity index (χ1) is 11.3. The van der Waals surface area contributed by atoms with E-state index in [9.17, 15) is 17.2 Å². The molecule has 1 aliphatic heterocycles. The fourth-order valence-electron chi connectivity index (χ4n) is 2.83. The van der Waals surface area contributed by atoms with Crippen LogP contribution in [0, 0.1) is 11.6 Å². The molecule has 0 radical (unpaired) electrons. The van der Waals surface area contributed by atoms with Crippen LogP contribution in [0.5, 0.6) is 0 Å². The van der Waals surface area contributed by atoms with Gasteiger partial charge >= 0.3 is 0 Å². The summed E-state index contributed by atoms with van der Waals surface area (Å²) in [7, 11) is -3.27. The highest BCUT2D eigenvalue weighted by molar-refractivity contribution is 7.88. The van der Waals surface area contributed by atoms with Gasteiger partial charge in [-0.25, -0.2) is 26.9 Å². The Labute approximate surface area is 143 Å². The highest BCUT2D eigenvalue weighted by Crippen LogP contribution is 2.26. The number of benzene rings is 1. The van der Waals surface area contributed by atoms with Crippen LogP contribution in [0.4, 0.5) is 8.78 Å². The molecule has 0 aliphatic carbocycles. The Hall–Kier alpha value is -1.42. The zero-order valence-corrected chi connectivity index (χ0v) is 14.6. The normalized spacial score (nSPS) is 21.3. The van der Waals surface area contributed by atoms with Crippen molar-refractivity contribution >= 4 is 21.4 Å². The van der Waals surface area contributed by atoms with Gasteiger partial charge in [0.2, 0.25) is 10.0 Å². The van der Waals surface area contributed by atoms with Crippen molar-refractivity contribution in [2.24, 2.45) is 0 Å². The van der Waals surface area contributed by atoms with Crippen LogP contribution in [0.15, 0.2) is 23.6 Å². The number of aromatic nitrogens is 1. The van der Waals surface area contributed by atoms with E-state index >= 15 is 0 Å². The molecule has 0 saturated carbocycles. The lowest BCUT2D eigenvalue weighted by Crippen LogP contribution is -2.44. The van der Waals surface area contributed by atoms with Gasteiger partial charge in [0, 0.05) is 35.5 Å². The minimum absolute atomic E-state index is 0.0566. The molecule has 2 N–H and O–H groups in total. The van der Waals surface area contributed by atoms with Gasteiger partial charge in [0.15, 0.2) is 0 Å². The standard InChI is InChI=1S/C15H17F2N3O2S2/c1-24(21,22)20-13-2-3-18-14(13)7-12-8-23-15(19-12)9-4-10(16)6-11(17)5-9/h4-6,8,13-14,18,20H,2-3,7H2,1H3/t13-,14-/m0/s1. The molecule has 1 aliphatic rings. The van der Waals surface area contributed by atoms with Gasteiger partial charge in [0.1, 0.15) is 16.6 Å². The monoisotopic (exact) mass is 373 g/mol. The summed E-state index contributed by atoms with van der Waals surface area (Å²) in [5, 5.41) is 5.63. The van der Waals surface area contributed by atoms with Crippen molar-refractivity contribution in [2.75, 3.05) is 12.8 Å². The SMILES string of the molecule is CS(=O)(=O)N[C@H]1CCN[C@H]1Cc1csc(-c2cc(F)cc(F)c2)n1. The Balaban J connectivity index is 1.74. The maximum absolute atomic E-state index is 13.3. The van der Waals surface area contributed by atoms with Crippen molar-refractivity contribution in [3.63, 3.8) is 0 Å². The van der Waals surface area contributed by atoms with Crippen LogP contribution < -0.4 is 10.0 Å². The first kappa shape index (κ1) is 17.4. The molecule has 1 aromatic heterocycles. The molecule has 2 atom stereocenters. The minimum Gasteiger partial charge on any atom is -0.312 e. The van der Waals surface area contributed by atoms with Crippen LogP contribution >= 0.6 is 11.3 Å². The van der Waals surface area contributed by atoms with Gasteiger partial charge in [-0.05, 0) is 25.1 Å². The van der Waals surface area contributed by atoms with Gasteiger partial charge in [0.05, 0.1) is 11.9 Å². The topological polar surface area (TPSA) is 71.1 Å². The predicted octanol–water partition coefficient (Wildman–Crippen LogP) is 1.91. The number of nitrogens with one attached hydrogen (secondary N) is 2. The van der Waals surface area contributed by atoms with Crippen molar-refractivity contribution in [3.8, 4) is 10.6 Å². The number of hydrogen-bond acceptors (Lipinski definition) is 5. The smallest absolute Gasteiger partial charge is 0.209 e. The number of nitrogens with zero attached hydrogens (tertiary/aromatic N) is 1. The number of thiazole rings is 1. The highest BCUT2D eigenvalue weighted by Gasteiger charge is 2.29. The fraction of sp³-hybridized carbons (Fsp3) is 0.400. The first-order valence-corrected chi connectivity index (χ1v) is 10.2. The molecule has 0 amide bonds. The minimum atomic E-state index is -3.27. The molecule has 2 heterocycles. The van der Waals surface area contributed by atoms with E-state index in [4.69, 9.17) is 0 Å². The molecule has 1 aromatic carbocycles. The first-order valence-electron chi connectivity index (χ1n) is 7.42. The van der Waals surface area contributed by atoms with Gasteiger partial charge in [-0.1, -0.05) is 0 Å². The molecular formula is C15H17F2N3O2S2. The summed E-state index contributed by atoms with van der Waals surface area (Å²) in [6.07, 6.45) is 2.40. The summed E-state index contributed by atoms with van der Waals surface area (Å²) >= 11 is 1.31. The van der Waals surface area contributed by atoms with Crippen LogP contribution in [-0.4, -0.2) is 38.3 Å². The Morgan fingerprint density at radius 3 is 2.71 bits per heavy atom. The van der Waals surface area contributed by atoms with Gasteiger partial charge in [-0.2, -0.15) is 0 Å². The molecule has 5 nitrogen and oxygen atoms in total.